The van der Waals surface area contributed by atoms with Gasteiger partial charge in [0, 0.05) is 0 Å². The molecule has 0 aliphatic rings. The highest BCUT2D eigenvalue weighted by Crippen LogP contribution is 2.25. The summed E-state index contributed by atoms with van der Waals surface area (Å²) < 4.78 is 123. The molecular formula is C104H186O23. The van der Waals surface area contributed by atoms with Crippen molar-refractivity contribution < 1.29 is 110 Å². The molecule has 0 radical (unpaired) electrons. The predicted octanol–water partition coefficient (Wildman–Crippen LogP) is 22.0. The summed E-state index contributed by atoms with van der Waals surface area (Å²) in [6.45, 7) is 25.0. The summed E-state index contributed by atoms with van der Waals surface area (Å²) in [7, 11) is 0. The molecule has 740 valence electrons. The topological polar surface area (TPSA) is 234 Å². The van der Waals surface area contributed by atoms with Crippen LogP contribution in [0.15, 0.2) is 54.6 Å². The number of benzene rings is 3. The Hall–Kier alpha value is -3.74. The summed E-state index contributed by atoms with van der Waals surface area (Å²) in [4.78, 5) is 0. The molecule has 0 saturated carbocycles. The lowest BCUT2D eigenvalue weighted by Crippen LogP contribution is -2.13. The molecule has 3 aromatic rings. The fourth-order valence-electron chi connectivity index (χ4n) is 14.5. The van der Waals surface area contributed by atoms with E-state index in [1.165, 1.54) is 250 Å². The van der Waals surface area contributed by atoms with Crippen molar-refractivity contribution in [3.05, 3.63) is 88.0 Å². The van der Waals surface area contributed by atoms with E-state index in [0.717, 1.165) is 69.9 Å². The van der Waals surface area contributed by atoms with Crippen molar-refractivity contribution in [3.63, 3.8) is 0 Å². The Kier molecular flexibility index (Phi) is 89.5. The molecule has 0 amide bonds. The van der Waals surface area contributed by atoms with Gasteiger partial charge in [0.1, 0.15) is 17.2 Å². The molecule has 0 fully saturated rings. The maximum Gasteiger partial charge on any atom is 0.120 e. The molecule has 0 saturated heterocycles. The van der Waals surface area contributed by atoms with Crippen LogP contribution in [0.4, 0.5) is 0 Å². The van der Waals surface area contributed by atoms with Crippen LogP contribution in [-0.2, 0) is 125 Å². The minimum atomic E-state index is 0.00938. The maximum atomic E-state index is 8.84. The van der Waals surface area contributed by atoms with Gasteiger partial charge in [0.05, 0.1) is 271 Å². The van der Waals surface area contributed by atoms with Crippen LogP contribution >= 0.6 is 0 Å². The van der Waals surface area contributed by atoms with Gasteiger partial charge in [-0.05, 0) is 89.0 Å². The van der Waals surface area contributed by atoms with Crippen molar-refractivity contribution in [2.24, 2.45) is 0 Å². The van der Waals surface area contributed by atoms with E-state index in [1.807, 2.05) is 0 Å². The highest BCUT2D eigenvalue weighted by molar-refractivity contribution is 5.36. The van der Waals surface area contributed by atoms with Gasteiger partial charge in [-0.25, -0.2) is 0 Å². The van der Waals surface area contributed by atoms with E-state index in [9.17, 15) is 0 Å². The van der Waals surface area contributed by atoms with Gasteiger partial charge in [0.25, 0.3) is 0 Å². The van der Waals surface area contributed by atoms with Gasteiger partial charge in [-0.15, -0.1) is 0 Å². The number of hydrogen-bond donors (Lipinski definition) is 2. The molecular weight excluding hydrogens is 1620 g/mol. The Labute approximate surface area is 772 Å². The average molecular weight is 1800 g/mol. The Morgan fingerprint density at radius 1 is 0.142 bits per heavy atom. The number of ether oxygens (including phenoxy) is 21. The van der Waals surface area contributed by atoms with E-state index < -0.39 is 0 Å². The third-order valence-electron chi connectivity index (χ3n) is 21.7. The zero-order valence-electron chi connectivity index (χ0n) is 80.9. The van der Waals surface area contributed by atoms with Crippen LogP contribution in [-0.4, -0.2) is 241 Å². The van der Waals surface area contributed by atoms with E-state index in [2.05, 4.69) is 75.4 Å². The number of hydrogen-bond acceptors (Lipinski definition) is 23. The quantitative estimate of drug-likeness (QED) is 0.0500. The SMILES string of the molecule is CCCCCCCCCCCCCCCCOc1cc(COCCOCCOCCOCCO)cc(COCCOCCOCCOCCOCc2cc(COCCOCCOCCOCCOCc3cc(COCCOCCOCCOCCO)cc(OCCCCCCCCCCCCCCCC)c3)cc(OCCCCCCCCCCCCCCCC)c2)c1. The minimum Gasteiger partial charge on any atom is -0.494 e. The zero-order chi connectivity index (χ0) is 90.1. The second kappa shape index (κ2) is 96.8. The second-order valence-corrected chi connectivity index (χ2v) is 33.4. The second-order valence-electron chi connectivity index (χ2n) is 33.4. The smallest absolute Gasteiger partial charge is 0.120 e. The highest BCUT2D eigenvalue weighted by Gasteiger charge is 2.11. The lowest BCUT2D eigenvalue weighted by Gasteiger charge is -2.13. The van der Waals surface area contributed by atoms with Crippen molar-refractivity contribution in [3.8, 4) is 17.2 Å². The van der Waals surface area contributed by atoms with Crippen molar-refractivity contribution in [1.29, 1.82) is 0 Å². The largest absolute Gasteiger partial charge is 0.494 e. The summed E-state index contributed by atoms with van der Waals surface area (Å²) in [5, 5.41) is 17.7. The predicted molar refractivity (Wildman–Crippen MR) is 509 cm³/mol. The molecule has 0 bridgehead atoms. The molecule has 0 aliphatic heterocycles. The van der Waals surface area contributed by atoms with E-state index in [4.69, 9.17) is 110 Å². The van der Waals surface area contributed by atoms with Gasteiger partial charge in [-0.3, -0.25) is 0 Å². The molecule has 2 N–H and O–H groups in total. The van der Waals surface area contributed by atoms with Crippen LogP contribution in [0.5, 0.6) is 17.2 Å². The molecule has 0 unspecified atom stereocenters. The third kappa shape index (κ3) is 81.5. The number of aliphatic hydroxyl groups is 2. The minimum absolute atomic E-state index is 0.00938. The van der Waals surface area contributed by atoms with E-state index in [-0.39, 0.29) is 13.2 Å². The Balaban J connectivity index is 1.33. The Morgan fingerprint density at radius 3 is 0.409 bits per heavy atom. The van der Waals surface area contributed by atoms with Gasteiger partial charge < -0.3 is 110 Å². The first-order chi connectivity index (χ1) is 63.1. The molecule has 23 nitrogen and oxygen atoms in total. The van der Waals surface area contributed by atoms with Crippen LogP contribution in [0.25, 0.3) is 0 Å². The monoisotopic (exact) mass is 1800 g/mol. The Bertz CT molecular complexity index is 2540. The lowest BCUT2D eigenvalue weighted by molar-refractivity contribution is -0.0141. The van der Waals surface area contributed by atoms with E-state index in [1.54, 1.807) is 0 Å². The molecule has 0 atom stereocenters. The summed E-state index contributed by atoms with van der Waals surface area (Å²) in [6.07, 6.45) is 55.5. The molecule has 3 rings (SSSR count). The van der Waals surface area contributed by atoms with Crippen LogP contribution in [0.1, 0.15) is 324 Å². The van der Waals surface area contributed by atoms with E-state index >= 15 is 0 Å². The van der Waals surface area contributed by atoms with Gasteiger partial charge in [-0.2, -0.15) is 0 Å². The van der Waals surface area contributed by atoms with Crippen LogP contribution in [0.3, 0.4) is 0 Å². The van der Waals surface area contributed by atoms with Crippen LogP contribution in [0, 0.1) is 0 Å². The number of unbranched alkanes of at least 4 members (excludes halogenated alkanes) is 39. The summed E-state index contributed by atoms with van der Waals surface area (Å²) in [5.41, 5.74) is 6.16. The third-order valence-corrected chi connectivity index (χ3v) is 21.7. The molecule has 0 spiro atoms. The number of rotatable bonds is 106. The fraction of sp³-hybridized carbons (Fsp3) is 0.827. The first kappa shape index (κ1) is 117. The zero-order valence-corrected chi connectivity index (χ0v) is 80.9. The molecule has 127 heavy (non-hydrogen) atoms. The van der Waals surface area contributed by atoms with Crippen molar-refractivity contribution in [2.75, 3.05) is 231 Å². The first-order valence-corrected chi connectivity index (χ1v) is 50.9. The van der Waals surface area contributed by atoms with Gasteiger partial charge in [-0.1, -0.05) is 289 Å². The molecule has 23 heteroatoms. The average Bonchev–Trinajstić information content (AvgIpc) is 0.880. The Morgan fingerprint density at radius 2 is 0.268 bits per heavy atom. The van der Waals surface area contributed by atoms with Crippen molar-refractivity contribution >= 4 is 0 Å². The highest BCUT2D eigenvalue weighted by atomic mass is 16.6. The molecule has 0 heterocycles. The molecule has 0 aliphatic carbocycles. The van der Waals surface area contributed by atoms with Crippen LogP contribution < -0.4 is 14.2 Å². The van der Waals surface area contributed by atoms with Gasteiger partial charge >= 0.3 is 0 Å². The van der Waals surface area contributed by atoms with E-state index in [0.29, 0.717) is 258 Å². The molecule has 0 aromatic heterocycles. The van der Waals surface area contributed by atoms with Gasteiger partial charge in [0.2, 0.25) is 0 Å². The van der Waals surface area contributed by atoms with Crippen molar-refractivity contribution in [1.82, 2.24) is 0 Å². The lowest BCUT2D eigenvalue weighted by atomic mass is 10.0. The summed E-state index contributed by atoms with van der Waals surface area (Å²) in [5.74, 6) is 2.50. The standard InChI is InChI=1S/C104H186O23/c1-4-7-10-13-16-19-22-25-28-31-34-37-40-43-48-125-102-84-96(90-119-75-69-113-63-57-109-55-53-107-51-46-105)81-98(86-102)92-121-77-71-115-65-59-111-61-67-117-73-79-123-94-100-83-101(89-104(88-100)127-50-45-42-39-36-33-30-27-24-21-18-15-12-9-6-3)95-124-80-74-118-68-62-112-60-66-116-72-78-122-93-99-82-97(91-120-76-70-114-64-58-110-56-54-108-52-47-106)85-103(87-99)126-49-44-41-38-35-32-29-26-23-20-17-14-11-8-5-2/h81-89,105-106H,4-80,90-95H2,1-3H3. The van der Waals surface area contributed by atoms with Gasteiger partial charge in [0.15, 0.2) is 0 Å². The first-order valence-electron chi connectivity index (χ1n) is 50.9. The normalized spacial score (nSPS) is 11.7. The fourth-order valence-corrected chi connectivity index (χ4v) is 14.5. The molecule has 3 aromatic carbocycles. The number of aliphatic hydroxyl groups excluding tert-OH is 2. The van der Waals surface area contributed by atoms with Crippen molar-refractivity contribution in [2.45, 2.75) is 330 Å². The summed E-state index contributed by atoms with van der Waals surface area (Å²) >= 11 is 0. The van der Waals surface area contributed by atoms with Crippen LogP contribution in [0.2, 0.25) is 0 Å². The summed E-state index contributed by atoms with van der Waals surface area (Å²) in [6, 6.07) is 18.8. The maximum absolute atomic E-state index is 8.84.